The molecule has 0 bridgehead atoms. The molecule has 1 aliphatic heterocycles. The van der Waals surface area contributed by atoms with Crippen molar-refractivity contribution in [3.8, 4) is 17.5 Å². The third-order valence-corrected chi connectivity index (χ3v) is 4.04. The number of methoxy groups -OCH3 is 1. The normalized spacial score (nSPS) is 14.7. The fraction of sp³-hybridized carbons (Fsp3) is 0.294. The molecule has 9 heteroatoms. The first-order chi connectivity index (χ1) is 12.5. The molecule has 1 aromatic carbocycles. The third kappa shape index (κ3) is 3.52. The standard InChI is InChI=1S/C17H19F2N5O2/c1-11(8-20)23-5-6-24(10-23)12-3-4-13(17(19)16(12)18)26-15-7-14(25-2)21-9-22-15/h3-7,9,11H,8,10,20H2,1-2H3/t11-/m0/s1. The van der Waals surface area contributed by atoms with Gasteiger partial charge in [0.2, 0.25) is 17.6 Å². The summed E-state index contributed by atoms with van der Waals surface area (Å²) in [5, 5.41) is 0. The Morgan fingerprint density at radius 1 is 1.19 bits per heavy atom. The van der Waals surface area contributed by atoms with Crippen molar-refractivity contribution in [2.24, 2.45) is 5.73 Å². The molecular formula is C17H19F2N5O2. The lowest BCUT2D eigenvalue weighted by Gasteiger charge is -2.26. The van der Waals surface area contributed by atoms with E-state index in [0.29, 0.717) is 13.2 Å². The van der Waals surface area contributed by atoms with Crippen LogP contribution < -0.4 is 20.1 Å². The van der Waals surface area contributed by atoms with Crippen molar-refractivity contribution < 1.29 is 18.3 Å². The number of hydrogen-bond acceptors (Lipinski definition) is 7. The number of halogens is 2. The number of anilines is 1. The fourth-order valence-electron chi connectivity index (χ4n) is 2.44. The van der Waals surface area contributed by atoms with Crippen LogP contribution in [0.2, 0.25) is 0 Å². The van der Waals surface area contributed by atoms with Crippen molar-refractivity contribution in [1.82, 2.24) is 14.9 Å². The van der Waals surface area contributed by atoms with Crippen LogP contribution in [0.25, 0.3) is 0 Å². The minimum Gasteiger partial charge on any atom is -0.481 e. The molecule has 1 aliphatic rings. The minimum atomic E-state index is -1.10. The van der Waals surface area contributed by atoms with E-state index < -0.39 is 11.6 Å². The van der Waals surface area contributed by atoms with Crippen LogP contribution in [0.3, 0.4) is 0 Å². The molecule has 1 aromatic heterocycles. The topological polar surface area (TPSA) is 76.7 Å². The second kappa shape index (κ2) is 7.52. The number of rotatable bonds is 6. The molecule has 138 valence electrons. The van der Waals surface area contributed by atoms with Gasteiger partial charge in [-0.2, -0.15) is 4.39 Å². The third-order valence-electron chi connectivity index (χ3n) is 4.04. The molecule has 0 saturated carbocycles. The highest BCUT2D eigenvalue weighted by molar-refractivity contribution is 5.54. The maximum atomic E-state index is 14.5. The first-order valence-corrected chi connectivity index (χ1v) is 7.96. The maximum absolute atomic E-state index is 14.5. The fourth-order valence-corrected chi connectivity index (χ4v) is 2.44. The Bertz CT molecular complexity index is 818. The van der Waals surface area contributed by atoms with E-state index in [-0.39, 0.29) is 29.2 Å². The summed E-state index contributed by atoms with van der Waals surface area (Å²) in [5.41, 5.74) is 5.75. The average Bonchev–Trinajstić information content (AvgIpc) is 3.15. The summed E-state index contributed by atoms with van der Waals surface area (Å²) in [4.78, 5) is 11.2. The Balaban J connectivity index is 1.80. The van der Waals surface area contributed by atoms with Crippen LogP contribution in [0.15, 0.2) is 36.9 Å². The number of aromatic nitrogens is 2. The summed E-state index contributed by atoms with van der Waals surface area (Å²) in [6, 6.07) is 4.28. The number of nitrogens with two attached hydrogens (primary N) is 1. The molecule has 2 aromatic rings. The molecule has 0 fully saturated rings. The quantitative estimate of drug-likeness (QED) is 0.845. The van der Waals surface area contributed by atoms with Crippen LogP contribution in [0.5, 0.6) is 17.5 Å². The monoisotopic (exact) mass is 363 g/mol. The Morgan fingerprint density at radius 2 is 1.96 bits per heavy atom. The molecule has 7 nitrogen and oxygen atoms in total. The lowest BCUT2D eigenvalue weighted by atomic mass is 10.2. The molecule has 0 amide bonds. The average molecular weight is 363 g/mol. The van der Waals surface area contributed by atoms with Crippen LogP contribution in [0.4, 0.5) is 14.5 Å². The molecule has 2 N–H and O–H groups in total. The van der Waals surface area contributed by atoms with Gasteiger partial charge in [-0.1, -0.05) is 0 Å². The highest BCUT2D eigenvalue weighted by Crippen LogP contribution is 2.32. The van der Waals surface area contributed by atoms with Crippen LogP contribution >= 0.6 is 0 Å². The highest BCUT2D eigenvalue weighted by atomic mass is 19.2. The van der Waals surface area contributed by atoms with Gasteiger partial charge in [-0.05, 0) is 19.1 Å². The summed E-state index contributed by atoms with van der Waals surface area (Å²) >= 11 is 0. The number of hydrogen-bond donors (Lipinski definition) is 1. The Kier molecular flexibility index (Phi) is 5.17. The summed E-state index contributed by atoms with van der Waals surface area (Å²) in [5.74, 6) is -2.08. The van der Waals surface area contributed by atoms with Gasteiger partial charge in [0, 0.05) is 25.0 Å². The molecule has 0 spiro atoms. The minimum absolute atomic E-state index is 0.0481. The van der Waals surface area contributed by atoms with Crippen molar-refractivity contribution in [1.29, 1.82) is 0 Å². The lowest BCUT2D eigenvalue weighted by molar-refractivity contribution is 0.321. The van der Waals surface area contributed by atoms with Gasteiger partial charge in [0.1, 0.15) is 6.33 Å². The summed E-state index contributed by atoms with van der Waals surface area (Å²) in [6.45, 7) is 2.81. The van der Waals surface area contributed by atoms with Crippen molar-refractivity contribution in [3.05, 3.63) is 48.6 Å². The van der Waals surface area contributed by atoms with E-state index in [1.54, 1.807) is 17.3 Å². The smallest absolute Gasteiger partial charge is 0.226 e. The summed E-state index contributed by atoms with van der Waals surface area (Å²) < 4.78 is 39.2. The lowest BCUT2D eigenvalue weighted by Crippen LogP contribution is -2.37. The Morgan fingerprint density at radius 3 is 2.69 bits per heavy atom. The van der Waals surface area contributed by atoms with Crippen LogP contribution in [0.1, 0.15) is 6.92 Å². The zero-order valence-corrected chi connectivity index (χ0v) is 14.4. The van der Waals surface area contributed by atoms with Crippen molar-refractivity contribution >= 4 is 5.69 Å². The van der Waals surface area contributed by atoms with Gasteiger partial charge in [0.25, 0.3) is 0 Å². The van der Waals surface area contributed by atoms with Gasteiger partial charge in [0.05, 0.1) is 25.5 Å². The number of nitrogens with zero attached hydrogens (tertiary/aromatic N) is 4. The second-order valence-electron chi connectivity index (χ2n) is 5.72. The second-order valence-corrected chi connectivity index (χ2v) is 5.72. The van der Waals surface area contributed by atoms with E-state index in [2.05, 4.69) is 9.97 Å². The first kappa shape index (κ1) is 17.9. The molecule has 0 radical (unpaired) electrons. The highest BCUT2D eigenvalue weighted by Gasteiger charge is 2.23. The van der Waals surface area contributed by atoms with Gasteiger partial charge in [-0.3, -0.25) is 0 Å². The number of benzene rings is 1. The van der Waals surface area contributed by atoms with Gasteiger partial charge >= 0.3 is 0 Å². The Hall–Kier alpha value is -2.94. The molecule has 0 aliphatic carbocycles. The summed E-state index contributed by atoms with van der Waals surface area (Å²) in [6.07, 6.45) is 4.69. The van der Waals surface area contributed by atoms with Gasteiger partial charge in [-0.25, -0.2) is 14.4 Å². The molecule has 1 atom stereocenters. The van der Waals surface area contributed by atoms with Crippen LogP contribution in [-0.4, -0.2) is 41.2 Å². The van der Waals surface area contributed by atoms with E-state index in [4.69, 9.17) is 15.2 Å². The van der Waals surface area contributed by atoms with Gasteiger partial charge in [-0.15, -0.1) is 0 Å². The predicted molar refractivity (Wildman–Crippen MR) is 91.9 cm³/mol. The van der Waals surface area contributed by atoms with E-state index in [0.717, 1.165) is 0 Å². The van der Waals surface area contributed by atoms with Crippen molar-refractivity contribution in [2.75, 3.05) is 25.2 Å². The zero-order chi connectivity index (χ0) is 18.7. The molecule has 26 heavy (non-hydrogen) atoms. The molecule has 0 saturated heterocycles. The molecule has 2 heterocycles. The van der Waals surface area contributed by atoms with E-state index >= 15 is 0 Å². The van der Waals surface area contributed by atoms with Gasteiger partial charge < -0.3 is 25.0 Å². The van der Waals surface area contributed by atoms with Gasteiger partial charge in [0.15, 0.2) is 11.6 Å². The predicted octanol–water partition coefficient (Wildman–Crippen LogP) is 2.45. The first-order valence-electron chi connectivity index (χ1n) is 7.96. The zero-order valence-electron chi connectivity index (χ0n) is 14.4. The molecule has 0 unspecified atom stereocenters. The number of ether oxygens (including phenoxy) is 2. The molecular weight excluding hydrogens is 344 g/mol. The van der Waals surface area contributed by atoms with Crippen molar-refractivity contribution in [3.63, 3.8) is 0 Å². The van der Waals surface area contributed by atoms with E-state index in [1.165, 1.54) is 31.6 Å². The van der Waals surface area contributed by atoms with Crippen LogP contribution in [0, 0.1) is 11.6 Å². The van der Waals surface area contributed by atoms with Crippen molar-refractivity contribution in [2.45, 2.75) is 13.0 Å². The van der Waals surface area contributed by atoms with Crippen LogP contribution in [-0.2, 0) is 0 Å². The maximum Gasteiger partial charge on any atom is 0.226 e. The molecule has 3 rings (SSSR count). The SMILES string of the molecule is COc1cc(Oc2ccc(N3C=CN([C@@H](C)CN)C3)c(F)c2F)ncn1. The van der Waals surface area contributed by atoms with E-state index in [1.807, 2.05) is 11.8 Å². The van der Waals surface area contributed by atoms with E-state index in [9.17, 15) is 8.78 Å². The largest absolute Gasteiger partial charge is 0.481 e. The Labute approximate surface area is 149 Å². The summed E-state index contributed by atoms with van der Waals surface area (Å²) in [7, 11) is 1.43.